The van der Waals surface area contributed by atoms with Gasteiger partial charge in [0.15, 0.2) is 0 Å². The number of aromatic carboxylic acids is 1. The maximum atomic E-state index is 12.3. The van der Waals surface area contributed by atoms with Gasteiger partial charge in [-0.3, -0.25) is 0 Å². The van der Waals surface area contributed by atoms with Crippen LogP contribution in [0.25, 0.3) is 0 Å². The van der Waals surface area contributed by atoms with Crippen molar-refractivity contribution in [2.24, 2.45) is 0 Å². The molecule has 0 unspecified atom stereocenters. The number of nitriles is 1. The number of benzene rings is 1. The lowest BCUT2D eigenvalue weighted by molar-refractivity contribution is 0.0488. The quantitative estimate of drug-likeness (QED) is 0.470. The van der Waals surface area contributed by atoms with Crippen LogP contribution in [0.2, 0.25) is 0 Å². The number of hydrogen-bond donors (Lipinski definition) is 4. The van der Waals surface area contributed by atoms with Crippen LogP contribution in [-0.4, -0.2) is 39.8 Å². The van der Waals surface area contributed by atoms with Crippen LogP contribution in [-0.2, 0) is 4.74 Å². The number of alkyl carbamates (subject to hydrolysis) is 1. The van der Waals surface area contributed by atoms with Crippen molar-refractivity contribution in [1.29, 1.82) is 5.26 Å². The van der Waals surface area contributed by atoms with Crippen molar-refractivity contribution >= 4 is 29.4 Å². The number of ether oxygens (including phenoxy) is 1. The SMILES string of the molecule is Cc1cccc(Nc2nc(N[C@@H]3CCCC[C@@H]3NC(=O)OC(C)(C)C)cc(C#N)c2C(=O)O)c1. The van der Waals surface area contributed by atoms with Gasteiger partial charge in [0.1, 0.15) is 28.9 Å². The lowest BCUT2D eigenvalue weighted by Crippen LogP contribution is -2.49. The van der Waals surface area contributed by atoms with Crippen LogP contribution in [0.3, 0.4) is 0 Å². The molecule has 1 amide bonds. The van der Waals surface area contributed by atoms with Gasteiger partial charge in [0, 0.05) is 11.7 Å². The molecule has 9 heteroatoms. The fourth-order valence-corrected chi connectivity index (χ4v) is 4.00. The van der Waals surface area contributed by atoms with Crippen molar-refractivity contribution in [3.8, 4) is 6.07 Å². The minimum Gasteiger partial charge on any atom is -0.478 e. The number of rotatable bonds is 6. The standard InChI is InChI=1S/C25H31N5O4/c1-15-8-7-9-17(12-15)27-22-21(23(31)32)16(14-26)13-20(30-22)28-18-10-5-6-11-19(18)29-24(33)34-25(2,3)4/h7-9,12-13,18-19H,5-6,10-11H2,1-4H3,(H,29,33)(H,31,32)(H2,27,28,30)/t18-,19+/m1/s1. The molecule has 1 aromatic heterocycles. The van der Waals surface area contributed by atoms with E-state index in [0.29, 0.717) is 11.5 Å². The van der Waals surface area contributed by atoms with Crippen molar-refractivity contribution in [1.82, 2.24) is 10.3 Å². The molecule has 180 valence electrons. The molecule has 1 saturated carbocycles. The molecule has 3 rings (SSSR count). The molecular weight excluding hydrogens is 434 g/mol. The largest absolute Gasteiger partial charge is 0.478 e. The molecule has 0 radical (unpaired) electrons. The first-order chi connectivity index (χ1) is 16.1. The Hall–Kier alpha value is -3.80. The number of aromatic nitrogens is 1. The number of aryl methyl sites for hydroxylation is 1. The molecule has 0 aliphatic heterocycles. The first kappa shape index (κ1) is 24.8. The number of carbonyl (C=O) groups is 2. The Bertz CT molecular complexity index is 1100. The Balaban J connectivity index is 1.88. The fourth-order valence-electron chi connectivity index (χ4n) is 4.00. The Kier molecular flexibility index (Phi) is 7.61. The van der Waals surface area contributed by atoms with Crippen LogP contribution in [0.4, 0.5) is 22.1 Å². The van der Waals surface area contributed by atoms with E-state index in [2.05, 4.69) is 20.9 Å². The van der Waals surface area contributed by atoms with Crippen LogP contribution in [0.1, 0.15) is 67.9 Å². The number of anilines is 3. The average molecular weight is 466 g/mol. The second kappa shape index (κ2) is 10.4. The average Bonchev–Trinajstić information content (AvgIpc) is 2.73. The zero-order chi connectivity index (χ0) is 24.9. The Morgan fingerprint density at radius 2 is 1.88 bits per heavy atom. The highest BCUT2D eigenvalue weighted by atomic mass is 16.6. The first-order valence-electron chi connectivity index (χ1n) is 11.3. The summed E-state index contributed by atoms with van der Waals surface area (Å²) in [5.74, 6) is -0.806. The van der Waals surface area contributed by atoms with Crippen molar-refractivity contribution in [2.45, 2.75) is 71.1 Å². The number of amides is 1. The minimum atomic E-state index is -1.24. The summed E-state index contributed by atoms with van der Waals surface area (Å²) in [6, 6.07) is 10.5. The van der Waals surface area contributed by atoms with Gasteiger partial charge in [0.2, 0.25) is 0 Å². The molecule has 2 atom stereocenters. The molecule has 0 spiro atoms. The normalized spacial score (nSPS) is 17.9. The Morgan fingerprint density at radius 1 is 1.18 bits per heavy atom. The lowest BCUT2D eigenvalue weighted by Gasteiger charge is -2.34. The third kappa shape index (κ3) is 6.61. The van der Waals surface area contributed by atoms with E-state index in [9.17, 15) is 20.0 Å². The molecule has 2 aromatic rings. The number of nitrogens with one attached hydrogen (secondary N) is 3. The topological polar surface area (TPSA) is 136 Å². The second-order valence-electron chi connectivity index (χ2n) is 9.48. The van der Waals surface area contributed by atoms with Crippen LogP contribution < -0.4 is 16.0 Å². The van der Waals surface area contributed by atoms with Crippen molar-refractivity contribution in [2.75, 3.05) is 10.6 Å². The second-order valence-corrected chi connectivity index (χ2v) is 9.48. The molecule has 1 fully saturated rings. The van der Waals surface area contributed by atoms with Gasteiger partial charge in [-0.25, -0.2) is 14.6 Å². The first-order valence-corrected chi connectivity index (χ1v) is 11.3. The summed E-state index contributed by atoms with van der Waals surface area (Å²) < 4.78 is 5.40. The molecule has 0 saturated heterocycles. The molecule has 1 aliphatic rings. The molecule has 4 N–H and O–H groups in total. The highest BCUT2D eigenvalue weighted by Crippen LogP contribution is 2.28. The maximum Gasteiger partial charge on any atom is 0.407 e. The Labute approximate surface area is 199 Å². The van der Waals surface area contributed by atoms with E-state index in [-0.39, 0.29) is 29.0 Å². The summed E-state index contributed by atoms with van der Waals surface area (Å²) in [5, 5.41) is 28.7. The van der Waals surface area contributed by atoms with Gasteiger partial charge in [-0.05, 0) is 64.3 Å². The summed E-state index contributed by atoms with van der Waals surface area (Å²) >= 11 is 0. The zero-order valence-electron chi connectivity index (χ0n) is 19.9. The number of carbonyl (C=O) groups excluding carboxylic acids is 1. The number of carboxylic acids is 1. The zero-order valence-corrected chi connectivity index (χ0v) is 19.9. The smallest absolute Gasteiger partial charge is 0.407 e. The Morgan fingerprint density at radius 3 is 2.50 bits per heavy atom. The van der Waals surface area contributed by atoms with Gasteiger partial charge < -0.3 is 25.8 Å². The monoisotopic (exact) mass is 465 g/mol. The molecule has 9 nitrogen and oxygen atoms in total. The summed E-state index contributed by atoms with van der Waals surface area (Å²) in [4.78, 5) is 28.8. The molecule has 1 aromatic carbocycles. The van der Waals surface area contributed by atoms with E-state index in [1.54, 1.807) is 6.07 Å². The van der Waals surface area contributed by atoms with Gasteiger partial charge in [0.05, 0.1) is 11.6 Å². The number of pyridine rings is 1. The third-order valence-electron chi connectivity index (χ3n) is 5.44. The van der Waals surface area contributed by atoms with Crippen LogP contribution in [0.15, 0.2) is 30.3 Å². The highest BCUT2D eigenvalue weighted by Gasteiger charge is 2.29. The van der Waals surface area contributed by atoms with Crippen molar-refractivity contribution in [3.63, 3.8) is 0 Å². The van der Waals surface area contributed by atoms with Gasteiger partial charge in [-0.2, -0.15) is 5.26 Å². The number of carboxylic acid groups (broad SMARTS) is 1. The van der Waals surface area contributed by atoms with E-state index < -0.39 is 17.7 Å². The molecule has 1 aliphatic carbocycles. The highest BCUT2D eigenvalue weighted by molar-refractivity contribution is 5.97. The van der Waals surface area contributed by atoms with Crippen LogP contribution in [0, 0.1) is 18.3 Å². The summed E-state index contributed by atoms with van der Waals surface area (Å²) in [7, 11) is 0. The number of hydrogen-bond acceptors (Lipinski definition) is 7. The van der Waals surface area contributed by atoms with E-state index in [4.69, 9.17) is 4.74 Å². The predicted octanol–water partition coefficient (Wildman–Crippen LogP) is 4.95. The molecular formula is C25H31N5O4. The van der Waals surface area contributed by atoms with Gasteiger partial charge in [-0.1, -0.05) is 25.0 Å². The number of nitrogens with zero attached hydrogens (tertiary/aromatic N) is 2. The van der Waals surface area contributed by atoms with Crippen LogP contribution in [0.5, 0.6) is 0 Å². The lowest BCUT2D eigenvalue weighted by atomic mass is 9.90. The van der Waals surface area contributed by atoms with Crippen molar-refractivity contribution in [3.05, 3.63) is 47.0 Å². The third-order valence-corrected chi connectivity index (χ3v) is 5.44. The summed E-state index contributed by atoms with van der Waals surface area (Å²) in [6.07, 6.45) is 3.00. The summed E-state index contributed by atoms with van der Waals surface area (Å²) in [5.41, 5.74) is 0.857. The van der Waals surface area contributed by atoms with E-state index in [0.717, 1.165) is 31.2 Å². The van der Waals surface area contributed by atoms with E-state index >= 15 is 0 Å². The van der Waals surface area contributed by atoms with Gasteiger partial charge in [0.25, 0.3) is 0 Å². The summed E-state index contributed by atoms with van der Waals surface area (Å²) in [6.45, 7) is 7.35. The van der Waals surface area contributed by atoms with E-state index in [1.807, 2.05) is 52.0 Å². The van der Waals surface area contributed by atoms with Gasteiger partial charge >= 0.3 is 12.1 Å². The maximum absolute atomic E-state index is 12.3. The van der Waals surface area contributed by atoms with E-state index in [1.165, 1.54) is 6.07 Å². The molecule has 1 heterocycles. The van der Waals surface area contributed by atoms with Crippen molar-refractivity contribution < 1.29 is 19.4 Å². The fraction of sp³-hybridized carbons (Fsp3) is 0.440. The van der Waals surface area contributed by atoms with Gasteiger partial charge in [-0.15, -0.1) is 0 Å². The van der Waals surface area contributed by atoms with Crippen LogP contribution >= 0.6 is 0 Å². The molecule has 0 bridgehead atoms. The predicted molar refractivity (Wildman–Crippen MR) is 129 cm³/mol. The minimum absolute atomic E-state index is 0.00684. The molecule has 34 heavy (non-hydrogen) atoms.